The van der Waals surface area contributed by atoms with Gasteiger partial charge in [-0.2, -0.15) is 0 Å². The van der Waals surface area contributed by atoms with E-state index in [-0.39, 0.29) is 11.4 Å². The Morgan fingerprint density at radius 2 is 2.09 bits per heavy atom. The molecule has 2 rings (SSSR count). The van der Waals surface area contributed by atoms with Gasteiger partial charge < -0.3 is 10.0 Å². The van der Waals surface area contributed by atoms with Gasteiger partial charge in [0.2, 0.25) is 5.82 Å². The van der Waals surface area contributed by atoms with Crippen molar-refractivity contribution in [2.75, 3.05) is 11.4 Å². The second-order valence-corrected chi connectivity index (χ2v) is 5.16. The van der Waals surface area contributed by atoms with Gasteiger partial charge in [0.25, 0.3) is 0 Å². The molecular formula is C16H19N3O3. The SMILES string of the molecule is CCCN(Cc1ccccc1O)c1ncc(C)cc1[N+](=O)[O-]. The number of hydrogen-bond acceptors (Lipinski definition) is 5. The van der Waals surface area contributed by atoms with Gasteiger partial charge in [0, 0.05) is 30.9 Å². The largest absolute Gasteiger partial charge is 0.508 e. The fraction of sp³-hybridized carbons (Fsp3) is 0.312. The first-order valence-corrected chi connectivity index (χ1v) is 7.15. The molecule has 0 spiro atoms. The summed E-state index contributed by atoms with van der Waals surface area (Å²) in [4.78, 5) is 17.0. The highest BCUT2D eigenvalue weighted by Gasteiger charge is 2.21. The quantitative estimate of drug-likeness (QED) is 0.653. The molecule has 1 heterocycles. The molecule has 0 saturated carbocycles. The van der Waals surface area contributed by atoms with Crippen molar-refractivity contribution in [1.29, 1.82) is 0 Å². The standard InChI is InChI=1S/C16H19N3O3/c1-3-8-18(11-13-6-4-5-7-15(13)20)16-14(19(21)22)9-12(2)10-17-16/h4-7,9-10,20H,3,8,11H2,1-2H3. The van der Waals surface area contributed by atoms with Crippen molar-refractivity contribution >= 4 is 11.5 Å². The van der Waals surface area contributed by atoms with Gasteiger partial charge in [-0.1, -0.05) is 25.1 Å². The Kier molecular flexibility index (Phi) is 4.93. The van der Waals surface area contributed by atoms with Crippen LogP contribution in [0.15, 0.2) is 36.5 Å². The van der Waals surface area contributed by atoms with Gasteiger partial charge in [0.05, 0.1) is 4.92 Å². The zero-order valence-corrected chi connectivity index (χ0v) is 12.7. The number of rotatable bonds is 6. The third-order valence-electron chi connectivity index (χ3n) is 3.33. The van der Waals surface area contributed by atoms with Gasteiger partial charge >= 0.3 is 5.69 Å². The summed E-state index contributed by atoms with van der Waals surface area (Å²) in [7, 11) is 0. The molecule has 0 fully saturated rings. The summed E-state index contributed by atoms with van der Waals surface area (Å²) in [5.74, 6) is 0.513. The molecule has 0 radical (unpaired) electrons. The number of anilines is 1. The van der Waals surface area contributed by atoms with Gasteiger partial charge in [-0.05, 0) is 25.0 Å². The zero-order chi connectivity index (χ0) is 16.1. The summed E-state index contributed by atoms with van der Waals surface area (Å²) < 4.78 is 0. The van der Waals surface area contributed by atoms with E-state index in [1.165, 1.54) is 6.07 Å². The zero-order valence-electron chi connectivity index (χ0n) is 12.7. The minimum absolute atomic E-state index is 0.0103. The van der Waals surface area contributed by atoms with Gasteiger partial charge in [-0.25, -0.2) is 4.98 Å². The van der Waals surface area contributed by atoms with Crippen molar-refractivity contribution in [3.05, 3.63) is 57.8 Å². The molecule has 22 heavy (non-hydrogen) atoms. The highest BCUT2D eigenvalue weighted by Crippen LogP contribution is 2.29. The molecule has 1 aromatic heterocycles. The molecule has 0 atom stereocenters. The van der Waals surface area contributed by atoms with Crippen LogP contribution in [0.1, 0.15) is 24.5 Å². The molecule has 0 saturated heterocycles. The monoisotopic (exact) mass is 301 g/mol. The molecule has 0 bridgehead atoms. The van der Waals surface area contributed by atoms with Crippen molar-refractivity contribution in [3.63, 3.8) is 0 Å². The van der Waals surface area contributed by atoms with Gasteiger partial charge in [0.1, 0.15) is 5.75 Å². The molecule has 1 N–H and O–H groups in total. The Balaban J connectivity index is 2.40. The van der Waals surface area contributed by atoms with Crippen LogP contribution in [0.5, 0.6) is 5.75 Å². The predicted octanol–water partition coefficient (Wildman–Crippen LogP) is 3.42. The Hall–Kier alpha value is -2.63. The number of phenols is 1. The number of aromatic nitrogens is 1. The summed E-state index contributed by atoms with van der Waals surface area (Å²) in [6.07, 6.45) is 2.44. The first-order valence-electron chi connectivity index (χ1n) is 7.15. The van der Waals surface area contributed by atoms with Crippen LogP contribution in [0.3, 0.4) is 0 Å². The van der Waals surface area contributed by atoms with Crippen LogP contribution in [0.2, 0.25) is 0 Å². The molecule has 116 valence electrons. The predicted molar refractivity (Wildman–Crippen MR) is 85.1 cm³/mol. The lowest BCUT2D eigenvalue weighted by molar-refractivity contribution is -0.384. The number of hydrogen-bond donors (Lipinski definition) is 1. The van der Waals surface area contributed by atoms with E-state index >= 15 is 0 Å². The Bertz CT molecular complexity index is 673. The van der Waals surface area contributed by atoms with Crippen LogP contribution in [-0.2, 0) is 6.54 Å². The van der Waals surface area contributed by atoms with Crippen LogP contribution in [-0.4, -0.2) is 21.6 Å². The summed E-state index contributed by atoms with van der Waals surface area (Å²) in [5, 5.41) is 21.2. The van der Waals surface area contributed by atoms with Crippen LogP contribution in [0.4, 0.5) is 11.5 Å². The Morgan fingerprint density at radius 3 is 2.73 bits per heavy atom. The van der Waals surface area contributed by atoms with Crippen molar-refractivity contribution in [1.82, 2.24) is 4.98 Å². The molecule has 6 nitrogen and oxygen atoms in total. The van der Waals surface area contributed by atoms with E-state index < -0.39 is 4.92 Å². The van der Waals surface area contributed by atoms with Crippen molar-refractivity contribution in [3.8, 4) is 5.75 Å². The van der Waals surface area contributed by atoms with E-state index in [1.807, 2.05) is 17.9 Å². The number of aromatic hydroxyl groups is 1. The molecule has 0 unspecified atom stereocenters. The minimum atomic E-state index is -0.414. The average molecular weight is 301 g/mol. The van der Waals surface area contributed by atoms with E-state index in [9.17, 15) is 15.2 Å². The van der Waals surface area contributed by atoms with Crippen molar-refractivity contribution in [2.45, 2.75) is 26.8 Å². The molecule has 2 aromatic rings. The van der Waals surface area contributed by atoms with E-state index in [1.54, 1.807) is 31.3 Å². The number of aryl methyl sites for hydroxylation is 1. The van der Waals surface area contributed by atoms with Crippen LogP contribution >= 0.6 is 0 Å². The smallest absolute Gasteiger partial charge is 0.311 e. The molecule has 0 aliphatic carbocycles. The maximum absolute atomic E-state index is 11.3. The molecule has 0 aliphatic heterocycles. The fourth-order valence-corrected chi connectivity index (χ4v) is 2.30. The van der Waals surface area contributed by atoms with Gasteiger partial charge in [-0.15, -0.1) is 0 Å². The maximum atomic E-state index is 11.3. The number of phenolic OH excluding ortho intramolecular Hbond substituents is 1. The number of nitrogens with zero attached hydrogens (tertiary/aromatic N) is 3. The Labute approximate surface area is 129 Å². The lowest BCUT2D eigenvalue weighted by atomic mass is 10.1. The second kappa shape index (κ2) is 6.89. The van der Waals surface area contributed by atoms with Gasteiger partial charge in [-0.3, -0.25) is 10.1 Å². The van der Waals surface area contributed by atoms with Crippen LogP contribution < -0.4 is 4.90 Å². The number of benzene rings is 1. The third-order valence-corrected chi connectivity index (χ3v) is 3.33. The summed E-state index contributed by atoms with van der Waals surface area (Å²) in [5.41, 5.74) is 1.45. The van der Waals surface area contributed by atoms with E-state index in [0.717, 1.165) is 12.0 Å². The number of para-hydroxylation sites is 1. The second-order valence-electron chi connectivity index (χ2n) is 5.16. The lowest BCUT2D eigenvalue weighted by Gasteiger charge is -2.23. The molecule has 0 aliphatic rings. The summed E-state index contributed by atoms with van der Waals surface area (Å²) in [6, 6.07) is 8.51. The van der Waals surface area contributed by atoms with E-state index in [0.29, 0.717) is 24.5 Å². The summed E-state index contributed by atoms with van der Waals surface area (Å²) >= 11 is 0. The average Bonchev–Trinajstić information content (AvgIpc) is 2.49. The normalized spacial score (nSPS) is 10.5. The topological polar surface area (TPSA) is 79.5 Å². The number of nitro groups is 1. The van der Waals surface area contributed by atoms with Crippen LogP contribution in [0, 0.1) is 17.0 Å². The Morgan fingerprint density at radius 1 is 1.36 bits per heavy atom. The minimum Gasteiger partial charge on any atom is -0.508 e. The number of pyridine rings is 1. The van der Waals surface area contributed by atoms with Gasteiger partial charge in [0.15, 0.2) is 0 Å². The summed E-state index contributed by atoms with van der Waals surface area (Å²) in [6.45, 7) is 4.76. The van der Waals surface area contributed by atoms with E-state index in [2.05, 4.69) is 4.98 Å². The van der Waals surface area contributed by atoms with Crippen molar-refractivity contribution in [2.24, 2.45) is 0 Å². The molecular weight excluding hydrogens is 282 g/mol. The maximum Gasteiger partial charge on any atom is 0.311 e. The molecule has 1 aromatic carbocycles. The first kappa shape index (κ1) is 15.8. The molecule has 0 amide bonds. The molecule has 6 heteroatoms. The fourth-order valence-electron chi connectivity index (χ4n) is 2.30. The highest BCUT2D eigenvalue weighted by molar-refractivity contribution is 5.59. The van der Waals surface area contributed by atoms with Crippen molar-refractivity contribution < 1.29 is 10.0 Å². The third kappa shape index (κ3) is 3.52. The lowest BCUT2D eigenvalue weighted by Crippen LogP contribution is -2.25. The first-order chi connectivity index (χ1) is 10.5. The van der Waals surface area contributed by atoms with Crippen LogP contribution in [0.25, 0.3) is 0 Å². The highest BCUT2D eigenvalue weighted by atomic mass is 16.6. The van der Waals surface area contributed by atoms with E-state index in [4.69, 9.17) is 0 Å².